The molecule has 1 aromatic heterocycles. The number of aromatic hydroxyl groups is 1. The van der Waals surface area contributed by atoms with Crippen molar-refractivity contribution in [1.29, 1.82) is 0 Å². The third-order valence-corrected chi connectivity index (χ3v) is 3.96. The molecular weight excluding hydrogens is 284 g/mol. The Labute approximate surface area is 126 Å². The molecule has 106 valence electrons. The van der Waals surface area contributed by atoms with Crippen LogP contribution in [0.4, 0.5) is 0 Å². The summed E-state index contributed by atoms with van der Waals surface area (Å²) in [5, 5.41) is 13.6. The van der Waals surface area contributed by atoms with Gasteiger partial charge in [0.15, 0.2) is 0 Å². The van der Waals surface area contributed by atoms with E-state index in [1.807, 2.05) is 43.5 Å². The zero-order valence-electron chi connectivity index (χ0n) is 11.7. The number of thioether (sulfide) groups is 1. The highest BCUT2D eigenvalue weighted by Crippen LogP contribution is 2.27. The Morgan fingerprint density at radius 3 is 2.43 bits per heavy atom. The van der Waals surface area contributed by atoms with E-state index in [9.17, 15) is 5.11 Å². The number of hydrogen-bond donors (Lipinski definition) is 1. The molecular formula is C16H14N2O2S. The van der Waals surface area contributed by atoms with Gasteiger partial charge in [-0.1, -0.05) is 5.16 Å². The molecule has 5 heteroatoms. The van der Waals surface area contributed by atoms with Crippen molar-refractivity contribution in [3.63, 3.8) is 0 Å². The van der Waals surface area contributed by atoms with Crippen LogP contribution in [0.3, 0.4) is 0 Å². The lowest BCUT2D eigenvalue weighted by Crippen LogP contribution is -1.82. The summed E-state index contributed by atoms with van der Waals surface area (Å²) in [6.07, 6.45) is 2.04. The Bertz CT molecular complexity index is 766. The summed E-state index contributed by atoms with van der Waals surface area (Å²) in [5.74, 6) is 1.26. The first kappa shape index (κ1) is 13.7. The molecule has 0 aliphatic carbocycles. The molecule has 0 radical (unpaired) electrons. The van der Waals surface area contributed by atoms with Gasteiger partial charge in [-0.2, -0.15) is 4.98 Å². The molecule has 0 aliphatic heterocycles. The van der Waals surface area contributed by atoms with Crippen LogP contribution in [0.1, 0.15) is 5.56 Å². The average molecular weight is 298 g/mol. The molecule has 1 N–H and O–H groups in total. The highest BCUT2D eigenvalue weighted by atomic mass is 32.2. The molecule has 1 heterocycles. The highest BCUT2D eigenvalue weighted by molar-refractivity contribution is 7.98. The van der Waals surface area contributed by atoms with Gasteiger partial charge in [0.25, 0.3) is 5.89 Å². The minimum Gasteiger partial charge on any atom is -0.508 e. The lowest BCUT2D eigenvalue weighted by molar-refractivity contribution is 0.432. The van der Waals surface area contributed by atoms with E-state index in [0.29, 0.717) is 11.7 Å². The molecule has 0 atom stereocenters. The minimum absolute atomic E-state index is 0.256. The molecule has 0 bridgehead atoms. The van der Waals surface area contributed by atoms with Gasteiger partial charge in [-0.05, 0) is 61.2 Å². The number of benzene rings is 2. The Morgan fingerprint density at radius 1 is 1.05 bits per heavy atom. The largest absolute Gasteiger partial charge is 0.508 e. The molecule has 3 aromatic rings. The predicted molar refractivity (Wildman–Crippen MR) is 83.4 cm³/mol. The van der Waals surface area contributed by atoms with Gasteiger partial charge in [0.05, 0.1) is 0 Å². The molecule has 0 spiro atoms. The Balaban J connectivity index is 1.93. The second kappa shape index (κ2) is 5.61. The SMILES string of the molecule is CSc1ccc(-c2noc(-c3ccc(O)c(C)c3)n2)cc1. The number of nitrogens with zero attached hydrogens (tertiary/aromatic N) is 2. The van der Waals surface area contributed by atoms with Crippen LogP contribution in [-0.2, 0) is 0 Å². The van der Waals surface area contributed by atoms with Gasteiger partial charge in [-0.25, -0.2) is 0 Å². The van der Waals surface area contributed by atoms with Gasteiger partial charge < -0.3 is 9.63 Å². The van der Waals surface area contributed by atoms with E-state index in [1.165, 1.54) is 4.90 Å². The minimum atomic E-state index is 0.256. The Hall–Kier alpha value is -2.27. The van der Waals surface area contributed by atoms with Gasteiger partial charge in [0, 0.05) is 16.0 Å². The van der Waals surface area contributed by atoms with Crippen molar-refractivity contribution in [1.82, 2.24) is 10.1 Å². The number of hydrogen-bond acceptors (Lipinski definition) is 5. The monoisotopic (exact) mass is 298 g/mol. The Morgan fingerprint density at radius 2 is 1.76 bits per heavy atom. The summed E-state index contributed by atoms with van der Waals surface area (Å²) < 4.78 is 5.31. The standard InChI is InChI=1S/C16H14N2O2S/c1-10-9-12(5-8-14(10)19)16-17-15(18-20-16)11-3-6-13(21-2)7-4-11/h3-9,19H,1-2H3. The molecule has 0 amide bonds. The van der Waals surface area contributed by atoms with Crippen LogP contribution in [0.25, 0.3) is 22.8 Å². The van der Waals surface area contributed by atoms with Crippen molar-refractivity contribution in [3.05, 3.63) is 48.0 Å². The Kier molecular flexibility index (Phi) is 3.66. The van der Waals surface area contributed by atoms with Crippen molar-refractivity contribution < 1.29 is 9.63 Å². The lowest BCUT2D eigenvalue weighted by Gasteiger charge is -1.99. The quantitative estimate of drug-likeness (QED) is 0.736. The maximum absolute atomic E-state index is 9.55. The summed E-state index contributed by atoms with van der Waals surface area (Å²) in [7, 11) is 0. The van der Waals surface area contributed by atoms with Crippen LogP contribution >= 0.6 is 11.8 Å². The topological polar surface area (TPSA) is 59.2 Å². The molecule has 0 saturated heterocycles. The third-order valence-electron chi connectivity index (χ3n) is 3.22. The van der Waals surface area contributed by atoms with E-state index < -0.39 is 0 Å². The van der Waals surface area contributed by atoms with Crippen LogP contribution in [0.15, 0.2) is 51.9 Å². The molecule has 0 unspecified atom stereocenters. The summed E-state index contributed by atoms with van der Waals surface area (Å²) in [5.41, 5.74) is 2.49. The first-order valence-corrected chi connectivity index (χ1v) is 7.68. The molecule has 4 nitrogen and oxygen atoms in total. The molecule has 0 fully saturated rings. The fourth-order valence-electron chi connectivity index (χ4n) is 1.99. The second-order valence-electron chi connectivity index (χ2n) is 4.65. The second-order valence-corrected chi connectivity index (χ2v) is 5.53. The van der Waals surface area contributed by atoms with E-state index in [-0.39, 0.29) is 5.75 Å². The molecule has 3 rings (SSSR count). The number of phenols is 1. The first-order chi connectivity index (χ1) is 10.2. The zero-order chi connectivity index (χ0) is 14.8. The van der Waals surface area contributed by atoms with Gasteiger partial charge in [-0.3, -0.25) is 0 Å². The smallest absolute Gasteiger partial charge is 0.258 e. The summed E-state index contributed by atoms with van der Waals surface area (Å²) >= 11 is 1.69. The van der Waals surface area contributed by atoms with Crippen molar-refractivity contribution in [2.24, 2.45) is 0 Å². The van der Waals surface area contributed by atoms with Gasteiger partial charge in [-0.15, -0.1) is 11.8 Å². The van der Waals surface area contributed by atoms with Gasteiger partial charge in [0.2, 0.25) is 5.82 Å². The van der Waals surface area contributed by atoms with E-state index in [4.69, 9.17) is 4.52 Å². The summed E-state index contributed by atoms with van der Waals surface area (Å²) in [4.78, 5) is 5.60. The number of rotatable bonds is 3. The van der Waals surface area contributed by atoms with E-state index in [2.05, 4.69) is 10.1 Å². The molecule has 2 aromatic carbocycles. The highest BCUT2D eigenvalue weighted by Gasteiger charge is 2.11. The van der Waals surface area contributed by atoms with Crippen molar-refractivity contribution in [2.75, 3.05) is 6.26 Å². The average Bonchev–Trinajstić information content (AvgIpc) is 3.00. The van der Waals surface area contributed by atoms with Crippen LogP contribution in [0.2, 0.25) is 0 Å². The maximum Gasteiger partial charge on any atom is 0.258 e. The van der Waals surface area contributed by atoms with E-state index in [0.717, 1.165) is 16.7 Å². The van der Waals surface area contributed by atoms with Crippen LogP contribution in [0.5, 0.6) is 5.75 Å². The predicted octanol–water partition coefficient (Wildman–Crippen LogP) is 4.14. The molecule has 0 saturated carbocycles. The molecule has 21 heavy (non-hydrogen) atoms. The third kappa shape index (κ3) is 2.78. The first-order valence-electron chi connectivity index (χ1n) is 6.45. The van der Waals surface area contributed by atoms with Crippen LogP contribution in [0, 0.1) is 6.92 Å². The number of aryl methyl sites for hydroxylation is 1. The van der Waals surface area contributed by atoms with Crippen molar-refractivity contribution in [2.45, 2.75) is 11.8 Å². The summed E-state index contributed by atoms with van der Waals surface area (Å²) in [6, 6.07) is 13.2. The molecule has 0 aliphatic rings. The zero-order valence-corrected chi connectivity index (χ0v) is 12.5. The lowest BCUT2D eigenvalue weighted by atomic mass is 10.1. The fourth-order valence-corrected chi connectivity index (χ4v) is 2.39. The van der Waals surface area contributed by atoms with E-state index >= 15 is 0 Å². The van der Waals surface area contributed by atoms with Crippen LogP contribution in [-0.4, -0.2) is 21.5 Å². The number of phenolic OH excluding ortho intramolecular Hbond substituents is 1. The fraction of sp³-hybridized carbons (Fsp3) is 0.125. The van der Waals surface area contributed by atoms with Crippen molar-refractivity contribution >= 4 is 11.8 Å². The van der Waals surface area contributed by atoms with Gasteiger partial charge >= 0.3 is 0 Å². The van der Waals surface area contributed by atoms with E-state index in [1.54, 1.807) is 23.9 Å². The van der Waals surface area contributed by atoms with Crippen molar-refractivity contribution in [3.8, 4) is 28.6 Å². The maximum atomic E-state index is 9.55. The number of aromatic nitrogens is 2. The van der Waals surface area contributed by atoms with Crippen LogP contribution < -0.4 is 0 Å². The summed E-state index contributed by atoms with van der Waals surface area (Å²) in [6.45, 7) is 1.83. The normalized spacial score (nSPS) is 10.8. The van der Waals surface area contributed by atoms with Gasteiger partial charge in [0.1, 0.15) is 5.75 Å².